The second-order valence-electron chi connectivity index (χ2n) is 6.55. The zero-order chi connectivity index (χ0) is 17.9. The number of hydrogen-bond acceptors (Lipinski definition) is 4. The third-order valence-electron chi connectivity index (χ3n) is 3.71. The van der Waals surface area contributed by atoms with Crippen molar-refractivity contribution in [1.29, 1.82) is 0 Å². The number of piperazine rings is 1. The van der Waals surface area contributed by atoms with Crippen LogP contribution in [-0.4, -0.2) is 56.4 Å². The third-order valence-corrected chi connectivity index (χ3v) is 3.71. The van der Waals surface area contributed by atoms with Crippen molar-refractivity contribution < 1.29 is 9.59 Å². The van der Waals surface area contributed by atoms with E-state index in [1.54, 1.807) is 22.0 Å². The summed E-state index contributed by atoms with van der Waals surface area (Å²) >= 11 is 0. The Labute approximate surface area is 142 Å². The summed E-state index contributed by atoms with van der Waals surface area (Å²) in [6.07, 6.45) is 3.23. The van der Waals surface area contributed by atoms with Gasteiger partial charge in [-0.3, -0.25) is 14.7 Å². The Balaban J connectivity index is 2.27. The van der Waals surface area contributed by atoms with Gasteiger partial charge in [-0.25, -0.2) is 4.98 Å². The molecular formula is C17H25N5O2. The Kier molecular flexibility index (Phi) is 5.54. The molecule has 1 aliphatic rings. The molecule has 1 aromatic rings. The van der Waals surface area contributed by atoms with Crippen molar-refractivity contribution in [2.45, 2.75) is 40.7 Å². The molecule has 0 aromatic carbocycles. The Morgan fingerprint density at radius 3 is 2.25 bits per heavy atom. The van der Waals surface area contributed by atoms with Crippen LogP contribution in [0.3, 0.4) is 0 Å². The number of nitrogens with zero attached hydrogens (tertiary/aromatic N) is 4. The van der Waals surface area contributed by atoms with Gasteiger partial charge in [0.25, 0.3) is 0 Å². The molecule has 1 aliphatic heterocycles. The monoisotopic (exact) mass is 331 g/mol. The summed E-state index contributed by atoms with van der Waals surface area (Å²) in [5.41, 5.74) is 1.89. The molecule has 2 rings (SSSR count). The zero-order valence-corrected chi connectivity index (χ0v) is 15.0. The van der Waals surface area contributed by atoms with Crippen LogP contribution >= 0.6 is 0 Å². The molecule has 0 spiro atoms. The van der Waals surface area contributed by atoms with Crippen molar-refractivity contribution in [1.82, 2.24) is 25.0 Å². The Morgan fingerprint density at radius 2 is 1.71 bits per heavy atom. The molecule has 7 nitrogen and oxygen atoms in total. The number of carbonyl (C=O) groups is 2. The predicted molar refractivity (Wildman–Crippen MR) is 91.0 cm³/mol. The van der Waals surface area contributed by atoms with E-state index in [-0.39, 0.29) is 17.9 Å². The summed E-state index contributed by atoms with van der Waals surface area (Å²) in [5.74, 6) is 1.11. The summed E-state index contributed by atoms with van der Waals surface area (Å²) in [7, 11) is 0. The number of amides is 2. The lowest BCUT2D eigenvalue weighted by molar-refractivity contribution is -0.137. The first-order chi connectivity index (χ1) is 11.3. The number of aromatic amines is 1. The summed E-state index contributed by atoms with van der Waals surface area (Å²) in [5, 5.41) is 7.01. The summed E-state index contributed by atoms with van der Waals surface area (Å²) in [4.78, 5) is 32.7. The topological polar surface area (TPSA) is 82.2 Å². The number of hydrogen-bond donors (Lipinski definition) is 1. The molecule has 1 N–H and O–H groups in total. The minimum absolute atomic E-state index is 0.0402. The number of aromatic nitrogens is 3. The molecule has 1 fully saturated rings. The van der Waals surface area contributed by atoms with Crippen LogP contribution in [0.2, 0.25) is 0 Å². The van der Waals surface area contributed by atoms with Crippen molar-refractivity contribution in [3.63, 3.8) is 0 Å². The van der Waals surface area contributed by atoms with E-state index in [4.69, 9.17) is 0 Å². The maximum absolute atomic E-state index is 12.5. The van der Waals surface area contributed by atoms with Crippen LogP contribution in [0, 0.1) is 6.92 Å². The molecule has 1 aromatic heterocycles. The fourth-order valence-electron chi connectivity index (χ4n) is 2.64. The molecule has 7 heteroatoms. The smallest absolute Gasteiger partial charge is 0.247 e. The van der Waals surface area contributed by atoms with Crippen LogP contribution in [0.15, 0.2) is 23.3 Å². The largest absolute Gasteiger partial charge is 0.335 e. The van der Waals surface area contributed by atoms with Gasteiger partial charge < -0.3 is 9.80 Å². The van der Waals surface area contributed by atoms with Crippen LogP contribution in [0.5, 0.6) is 0 Å². The summed E-state index contributed by atoms with van der Waals surface area (Å²) in [6.45, 7) is 10.7. The van der Waals surface area contributed by atoms with Gasteiger partial charge >= 0.3 is 0 Å². The number of H-pyrrole nitrogens is 1. The lowest BCUT2D eigenvalue weighted by atomic mass is 10.1. The van der Waals surface area contributed by atoms with E-state index in [2.05, 4.69) is 15.2 Å². The van der Waals surface area contributed by atoms with Gasteiger partial charge in [0.15, 0.2) is 5.82 Å². The molecule has 1 unspecified atom stereocenters. The molecule has 2 amide bonds. The van der Waals surface area contributed by atoms with Crippen LogP contribution < -0.4 is 0 Å². The second-order valence-corrected chi connectivity index (χ2v) is 6.55. The molecule has 1 atom stereocenters. The molecule has 0 aliphatic carbocycles. The van der Waals surface area contributed by atoms with Crippen molar-refractivity contribution >= 4 is 11.8 Å². The van der Waals surface area contributed by atoms with Gasteiger partial charge in [0.05, 0.1) is 0 Å². The van der Waals surface area contributed by atoms with Gasteiger partial charge in [-0.1, -0.05) is 11.1 Å². The molecule has 0 saturated carbocycles. The fourth-order valence-corrected chi connectivity index (χ4v) is 2.64. The van der Waals surface area contributed by atoms with Crippen molar-refractivity contribution in [2.75, 3.05) is 19.6 Å². The highest BCUT2D eigenvalue weighted by molar-refractivity contribution is 5.90. The van der Waals surface area contributed by atoms with E-state index in [1.165, 1.54) is 0 Å². The minimum Gasteiger partial charge on any atom is -0.335 e. The third kappa shape index (κ3) is 4.31. The van der Waals surface area contributed by atoms with Crippen molar-refractivity contribution in [3.8, 4) is 0 Å². The first-order valence-electron chi connectivity index (χ1n) is 8.06. The van der Waals surface area contributed by atoms with Crippen molar-refractivity contribution in [3.05, 3.63) is 34.9 Å². The van der Waals surface area contributed by atoms with Gasteiger partial charge in [-0.2, -0.15) is 5.10 Å². The van der Waals surface area contributed by atoms with E-state index in [9.17, 15) is 9.59 Å². The van der Waals surface area contributed by atoms with Gasteiger partial charge in [-0.05, 0) is 34.6 Å². The highest BCUT2D eigenvalue weighted by Gasteiger charge is 2.34. The molecule has 130 valence electrons. The van der Waals surface area contributed by atoms with E-state index < -0.39 is 0 Å². The van der Waals surface area contributed by atoms with Crippen molar-refractivity contribution in [2.24, 2.45) is 0 Å². The van der Waals surface area contributed by atoms with E-state index >= 15 is 0 Å². The van der Waals surface area contributed by atoms with E-state index in [1.807, 2.05) is 34.6 Å². The maximum atomic E-state index is 12.5. The standard InChI is InChI=1S/C17H25N5O2/c1-11(2)8-15(23)21-6-7-22(16(24)9-12(3)4)14(10-21)17-18-13(5)19-20-17/h8-9,14H,6-7,10H2,1-5H3,(H,18,19,20). The van der Waals surface area contributed by atoms with Gasteiger partial charge in [-0.15, -0.1) is 0 Å². The molecule has 24 heavy (non-hydrogen) atoms. The quantitative estimate of drug-likeness (QED) is 0.856. The average molecular weight is 331 g/mol. The van der Waals surface area contributed by atoms with Crippen LogP contribution in [0.1, 0.15) is 45.4 Å². The number of rotatable bonds is 3. The molecule has 0 radical (unpaired) electrons. The second kappa shape index (κ2) is 7.42. The number of allylic oxidation sites excluding steroid dienone is 2. The Bertz CT molecular complexity index is 681. The summed E-state index contributed by atoms with van der Waals surface area (Å²) in [6, 6.07) is -0.346. The summed E-state index contributed by atoms with van der Waals surface area (Å²) < 4.78 is 0. The highest BCUT2D eigenvalue weighted by Crippen LogP contribution is 2.24. The Hall–Kier alpha value is -2.44. The molecular weight excluding hydrogens is 306 g/mol. The maximum Gasteiger partial charge on any atom is 0.247 e. The number of aryl methyl sites for hydroxylation is 1. The van der Waals surface area contributed by atoms with Crippen LogP contribution in [-0.2, 0) is 9.59 Å². The molecule has 2 heterocycles. The van der Waals surface area contributed by atoms with Gasteiger partial charge in [0.2, 0.25) is 11.8 Å². The highest BCUT2D eigenvalue weighted by atomic mass is 16.2. The molecule has 1 saturated heterocycles. The van der Waals surface area contributed by atoms with Crippen LogP contribution in [0.25, 0.3) is 0 Å². The number of nitrogens with one attached hydrogen (secondary N) is 1. The fraction of sp³-hybridized carbons (Fsp3) is 0.529. The molecule has 0 bridgehead atoms. The normalized spacial score (nSPS) is 17.5. The predicted octanol–water partition coefficient (Wildman–Crippen LogP) is 1.76. The Morgan fingerprint density at radius 1 is 1.08 bits per heavy atom. The van der Waals surface area contributed by atoms with Gasteiger partial charge in [0.1, 0.15) is 11.9 Å². The first kappa shape index (κ1) is 17.9. The lowest BCUT2D eigenvalue weighted by Gasteiger charge is -2.39. The SMILES string of the molecule is CC(C)=CC(=O)N1CCN(C(=O)C=C(C)C)C(c2n[nH]c(C)n2)C1. The first-order valence-corrected chi connectivity index (χ1v) is 8.06. The lowest BCUT2D eigenvalue weighted by Crippen LogP contribution is -2.52. The minimum atomic E-state index is -0.346. The average Bonchev–Trinajstić information content (AvgIpc) is 2.91. The van der Waals surface area contributed by atoms with E-state index in [0.717, 1.165) is 11.1 Å². The van der Waals surface area contributed by atoms with Gasteiger partial charge in [0, 0.05) is 31.8 Å². The number of carbonyl (C=O) groups excluding carboxylic acids is 2. The van der Waals surface area contributed by atoms with Crippen LogP contribution in [0.4, 0.5) is 0 Å². The van der Waals surface area contributed by atoms with E-state index in [0.29, 0.717) is 31.3 Å². The zero-order valence-electron chi connectivity index (χ0n) is 15.0.